The Kier molecular flexibility index (Phi) is 4.02. The molecule has 0 spiro atoms. The summed E-state index contributed by atoms with van der Waals surface area (Å²) in [5.41, 5.74) is 1.47. The maximum Gasteiger partial charge on any atom is 0.251 e. The van der Waals surface area contributed by atoms with Gasteiger partial charge in [-0.3, -0.25) is 4.79 Å². The first-order valence-electron chi connectivity index (χ1n) is 6.69. The number of nitrogens with one attached hydrogen (secondary N) is 1. The molecule has 0 saturated carbocycles. The van der Waals surface area contributed by atoms with Gasteiger partial charge in [-0.15, -0.1) is 0 Å². The second kappa shape index (κ2) is 6.11. The molecule has 1 amide bonds. The highest BCUT2D eigenvalue weighted by Gasteiger charge is 2.17. The van der Waals surface area contributed by atoms with Crippen molar-refractivity contribution in [2.24, 2.45) is 0 Å². The molecule has 1 aliphatic rings. The molecule has 1 aliphatic heterocycles. The molecule has 0 aliphatic carbocycles. The molecule has 0 fully saturated rings. The molecule has 0 unspecified atom stereocenters. The van der Waals surface area contributed by atoms with Crippen LogP contribution in [0.1, 0.15) is 21.5 Å². The van der Waals surface area contributed by atoms with E-state index < -0.39 is 11.6 Å². The molecule has 0 radical (unpaired) electrons. The Balaban J connectivity index is 1.75. The molecule has 6 heteroatoms. The molecule has 4 nitrogen and oxygen atoms in total. The Bertz CT molecular complexity index is 701. The highest BCUT2D eigenvalue weighted by Crippen LogP contribution is 2.29. The first-order chi connectivity index (χ1) is 10.6. The van der Waals surface area contributed by atoms with Crippen LogP contribution in [0.4, 0.5) is 8.78 Å². The van der Waals surface area contributed by atoms with Crippen molar-refractivity contribution >= 4 is 5.91 Å². The maximum absolute atomic E-state index is 13.6. The molecule has 114 valence electrons. The topological polar surface area (TPSA) is 47.6 Å². The number of hydrogen-bond donors (Lipinski definition) is 1. The van der Waals surface area contributed by atoms with Crippen LogP contribution in [-0.4, -0.2) is 12.7 Å². The standard InChI is InChI=1S/C16H13F2NO3/c17-13-3-1-10(2-4-13)16(20)19-7-11-5-14(18)6-12-8-21-9-22-15(11)12/h1-6H,7-9H2,(H,19,20). The third-order valence-electron chi connectivity index (χ3n) is 3.30. The second-order valence-corrected chi connectivity index (χ2v) is 4.85. The number of fused-ring (bicyclic) bond motifs is 1. The summed E-state index contributed by atoms with van der Waals surface area (Å²) in [6.45, 7) is 0.472. The fourth-order valence-corrected chi connectivity index (χ4v) is 2.27. The molecular formula is C16H13F2NO3. The van der Waals surface area contributed by atoms with Gasteiger partial charge in [-0.2, -0.15) is 0 Å². The smallest absolute Gasteiger partial charge is 0.251 e. The van der Waals surface area contributed by atoms with Crippen LogP contribution in [0.15, 0.2) is 36.4 Å². The van der Waals surface area contributed by atoms with Gasteiger partial charge in [0, 0.05) is 23.2 Å². The molecule has 1 N–H and O–H groups in total. The average molecular weight is 305 g/mol. The Morgan fingerprint density at radius 2 is 1.91 bits per heavy atom. The summed E-state index contributed by atoms with van der Waals surface area (Å²) in [7, 11) is 0. The van der Waals surface area contributed by atoms with Gasteiger partial charge in [-0.05, 0) is 36.4 Å². The van der Waals surface area contributed by atoms with Crippen molar-refractivity contribution in [3.8, 4) is 5.75 Å². The monoisotopic (exact) mass is 305 g/mol. The number of hydrogen-bond acceptors (Lipinski definition) is 3. The summed E-state index contributed by atoms with van der Waals surface area (Å²) >= 11 is 0. The van der Waals surface area contributed by atoms with E-state index in [1.807, 2.05) is 0 Å². The fourth-order valence-electron chi connectivity index (χ4n) is 2.27. The van der Waals surface area contributed by atoms with Crippen LogP contribution in [0.2, 0.25) is 0 Å². The molecule has 0 aromatic heterocycles. The first kappa shape index (κ1) is 14.5. The summed E-state index contributed by atoms with van der Waals surface area (Å²) < 4.78 is 36.9. The number of benzene rings is 2. The molecule has 2 aromatic rings. The molecule has 0 bridgehead atoms. The number of halogens is 2. The molecule has 3 rings (SSSR count). The summed E-state index contributed by atoms with van der Waals surface area (Å²) in [6, 6.07) is 7.85. The van der Waals surface area contributed by atoms with Crippen molar-refractivity contribution in [3.63, 3.8) is 0 Å². The van der Waals surface area contributed by atoms with Crippen LogP contribution >= 0.6 is 0 Å². The summed E-state index contributed by atoms with van der Waals surface area (Å²) in [5, 5.41) is 2.66. The summed E-state index contributed by atoms with van der Waals surface area (Å²) in [4.78, 5) is 12.0. The van der Waals surface area contributed by atoms with Gasteiger partial charge in [0.1, 0.15) is 17.4 Å². The second-order valence-electron chi connectivity index (χ2n) is 4.85. The predicted molar refractivity (Wildman–Crippen MR) is 74.3 cm³/mol. The van der Waals surface area contributed by atoms with E-state index in [2.05, 4.69) is 5.32 Å². The van der Waals surface area contributed by atoms with Crippen LogP contribution in [-0.2, 0) is 17.9 Å². The van der Waals surface area contributed by atoms with Crippen molar-refractivity contribution in [2.75, 3.05) is 6.79 Å². The molecule has 0 saturated heterocycles. The number of ether oxygens (including phenoxy) is 2. The normalized spacial score (nSPS) is 13.2. The van der Waals surface area contributed by atoms with Gasteiger partial charge in [-0.1, -0.05) is 0 Å². The van der Waals surface area contributed by atoms with Crippen LogP contribution < -0.4 is 10.1 Å². The van der Waals surface area contributed by atoms with Crippen LogP contribution in [0, 0.1) is 11.6 Å². The zero-order valence-corrected chi connectivity index (χ0v) is 11.6. The molecule has 2 aromatic carbocycles. The van der Waals surface area contributed by atoms with Gasteiger partial charge < -0.3 is 14.8 Å². The molecular weight excluding hydrogens is 292 g/mol. The van der Waals surface area contributed by atoms with Crippen molar-refractivity contribution in [2.45, 2.75) is 13.2 Å². The SMILES string of the molecule is O=C(NCc1cc(F)cc2c1OCOC2)c1ccc(F)cc1. The van der Waals surface area contributed by atoms with Crippen LogP contribution in [0.25, 0.3) is 0 Å². The number of rotatable bonds is 3. The zero-order valence-electron chi connectivity index (χ0n) is 11.6. The van der Waals surface area contributed by atoms with Crippen LogP contribution in [0.3, 0.4) is 0 Å². The van der Waals surface area contributed by atoms with E-state index in [0.29, 0.717) is 22.4 Å². The van der Waals surface area contributed by atoms with E-state index in [9.17, 15) is 13.6 Å². The van der Waals surface area contributed by atoms with E-state index in [0.717, 1.165) is 0 Å². The van der Waals surface area contributed by atoms with Gasteiger partial charge in [-0.25, -0.2) is 8.78 Å². The summed E-state index contributed by atoms with van der Waals surface area (Å²) in [5.74, 6) is -0.667. The lowest BCUT2D eigenvalue weighted by molar-refractivity contribution is -0.0173. The van der Waals surface area contributed by atoms with Crippen molar-refractivity contribution < 1.29 is 23.0 Å². The Morgan fingerprint density at radius 3 is 2.68 bits per heavy atom. The highest BCUT2D eigenvalue weighted by atomic mass is 19.1. The number of carbonyl (C=O) groups excluding carboxylic acids is 1. The lowest BCUT2D eigenvalue weighted by Crippen LogP contribution is -2.24. The minimum absolute atomic E-state index is 0.0948. The Morgan fingerprint density at radius 1 is 1.14 bits per heavy atom. The first-order valence-corrected chi connectivity index (χ1v) is 6.69. The van der Waals surface area contributed by atoms with Gasteiger partial charge in [0.25, 0.3) is 5.91 Å². The molecule has 1 heterocycles. The van der Waals surface area contributed by atoms with Crippen molar-refractivity contribution in [1.82, 2.24) is 5.32 Å². The Labute approximate surface area is 125 Å². The van der Waals surface area contributed by atoms with E-state index in [1.165, 1.54) is 36.4 Å². The average Bonchev–Trinajstić information content (AvgIpc) is 2.52. The van der Waals surface area contributed by atoms with E-state index >= 15 is 0 Å². The van der Waals surface area contributed by atoms with E-state index in [4.69, 9.17) is 9.47 Å². The van der Waals surface area contributed by atoms with E-state index in [-0.39, 0.29) is 25.9 Å². The maximum atomic E-state index is 13.6. The lowest BCUT2D eigenvalue weighted by Gasteiger charge is -2.21. The minimum atomic E-state index is -0.418. The third-order valence-corrected chi connectivity index (χ3v) is 3.30. The minimum Gasteiger partial charge on any atom is -0.467 e. The zero-order chi connectivity index (χ0) is 15.5. The fraction of sp³-hybridized carbons (Fsp3) is 0.188. The quantitative estimate of drug-likeness (QED) is 0.948. The van der Waals surface area contributed by atoms with Gasteiger partial charge in [0.2, 0.25) is 0 Å². The highest BCUT2D eigenvalue weighted by molar-refractivity contribution is 5.94. The van der Waals surface area contributed by atoms with Crippen molar-refractivity contribution in [3.05, 3.63) is 64.7 Å². The largest absolute Gasteiger partial charge is 0.467 e. The lowest BCUT2D eigenvalue weighted by atomic mass is 10.1. The Hall–Kier alpha value is -2.47. The summed E-state index contributed by atoms with van der Waals surface area (Å²) in [6.07, 6.45) is 0. The van der Waals surface area contributed by atoms with Crippen molar-refractivity contribution in [1.29, 1.82) is 0 Å². The van der Waals surface area contributed by atoms with Gasteiger partial charge in [0.05, 0.1) is 6.61 Å². The number of amides is 1. The molecule has 22 heavy (non-hydrogen) atoms. The number of carbonyl (C=O) groups is 1. The van der Waals surface area contributed by atoms with E-state index in [1.54, 1.807) is 0 Å². The predicted octanol–water partition coefficient (Wildman–Crippen LogP) is 2.76. The van der Waals surface area contributed by atoms with Gasteiger partial charge in [0.15, 0.2) is 6.79 Å². The third kappa shape index (κ3) is 3.07. The van der Waals surface area contributed by atoms with Gasteiger partial charge >= 0.3 is 0 Å². The molecule has 0 atom stereocenters. The van der Waals surface area contributed by atoms with Crippen LogP contribution in [0.5, 0.6) is 5.75 Å².